The Labute approximate surface area is 220 Å². The van der Waals surface area contributed by atoms with Crippen LogP contribution in [-0.4, -0.2) is 17.1 Å². The molecule has 1 heterocycles. The first kappa shape index (κ1) is 27.2. The van der Waals surface area contributed by atoms with E-state index in [1.165, 1.54) is 12.1 Å². The zero-order chi connectivity index (χ0) is 26.2. The van der Waals surface area contributed by atoms with Gasteiger partial charge in [-0.25, -0.2) is 9.18 Å². The zero-order valence-electron chi connectivity index (χ0n) is 21.3. The molecule has 36 heavy (non-hydrogen) atoms. The van der Waals surface area contributed by atoms with E-state index < -0.39 is 0 Å². The van der Waals surface area contributed by atoms with Gasteiger partial charge in [-0.2, -0.15) is 0 Å². The molecular weight excluding hydrogens is 521 g/mol. The lowest BCUT2D eigenvalue weighted by Crippen LogP contribution is -2.07. The van der Waals surface area contributed by atoms with Crippen LogP contribution in [0, 0.1) is 19.7 Å². The first-order valence-corrected chi connectivity index (χ1v) is 12.8. The summed E-state index contributed by atoms with van der Waals surface area (Å²) in [4.78, 5) is 12.3. The Morgan fingerprint density at radius 3 is 2.47 bits per heavy atom. The lowest BCUT2D eigenvalue weighted by atomic mass is 10.1. The molecule has 1 aromatic heterocycles. The molecule has 0 bridgehead atoms. The molecule has 4 aromatic rings. The number of hydrogen-bond donors (Lipinski definition) is 0. The van der Waals surface area contributed by atoms with Crippen LogP contribution >= 0.6 is 15.9 Å². The van der Waals surface area contributed by atoms with Gasteiger partial charge >= 0.3 is 5.97 Å². The molecule has 0 atom stereocenters. The van der Waals surface area contributed by atoms with Gasteiger partial charge in [0.1, 0.15) is 18.2 Å². The van der Waals surface area contributed by atoms with Crippen molar-refractivity contribution in [1.29, 1.82) is 0 Å². The normalized spacial score (nSPS) is 10.4. The number of hydrogen-bond acceptors (Lipinski definition) is 3. The van der Waals surface area contributed by atoms with Crippen molar-refractivity contribution < 1.29 is 18.7 Å². The standard InChI is InChI=1S/C28H25BrFNO3.C2H6/c1-4-33-28(32)20-6-5-7-23(15-20)31-19(3)9-12-26(31)24-14-18(2)8-13-27(24)34-17-21-10-11-22(30)16-25(21)29;1-2/h5-16H,4,17H2,1-3H3;1-2H3. The van der Waals surface area contributed by atoms with Crippen molar-refractivity contribution in [3.05, 3.63) is 105 Å². The number of esters is 1. The fraction of sp³-hybridized carbons (Fsp3) is 0.233. The molecule has 188 valence electrons. The molecular formula is C30H31BrFNO3. The van der Waals surface area contributed by atoms with E-state index in [4.69, 9.17) is 9.47 Å². The van der Waals surface area contributed by atoms with E-state index in [-0.39, 0.29) is 18.4 Å². The van der Waals surface area contributed by atoms with Gasteiger partial charge in [-0.1, -0.05) is 53.5 Å². The van der Waals surface area contributed by atoms with Crippen molar-refractivity contribution in [1.82, 2.24) is 4.57 Å². The molecule has 0 amide bonds. The molecule has 0 unspecified atom stereocenters. The van der Waals surface area contributed by atoms with Gasteiger partial charge in [0.15, 0.2) is 0 Å². The third-order valence-corrected chi connectivity index (χ3v) is 6.24. The minimum absolute atomic E-state index is 0.287. The maximum absolute atomic E-state index is 13.5. The smallest absolute Gasteiger partial charge is 0.338 e. The molecule has 0 saturated carbocycles. The summed E-state index contributed by atoms with van der Waals surface area (Å²) in [7, 11) is 0. The second-order valence-electron chi connectivity index (χ2n) is 7.99. The van der Waals surface area contributed by atoms with E-state index in [1.807, 2.05) is 70.2 Å². The fourth-order valence-corrected chi connectivity index (χ4v) is 4.31. The molecule has 3 aromatic carbocycles. The number of ether oxygens (including phenoxy) is 2. The van der Waals surface area contributed by atoms with Crippen LogP contribution < -0.4 is 4.74 Å². The lowest BCUT2D eigenvalue weighted by molar-refractivity contribution is 0.0526. The largest absolute Gasteiger partial charge is 0.488 e. The molecule has 0 fully saturated rings. The van der Waals surface area contributed by atoms with Crippen molar-refractivity contribution in [3.8, 4) is 22.7 Å². The molecule has 4 nitrogen and oxygen atoms in total. The maximum Gasteiger partial charge on any atom is 0.338 e. The average Bonchev–Trinajstić information content (AvgIpc) is 3.26. The van der Waals surface area contributed by atoms with E-state index in [9.17, 15) is 9.18 Å². The number of aromatic nitrogens is 1. The lowest BCUT2D eigenvalue weighted by Gasteiger charge is -2.17. The highest BCUT2D eigenvalue weighted by Crippen LogP contribution is 2.35. The van der Waals surface area contributed by atoms with Crippen molar-refractivity contribution in [2.45, 2.75) is 41.2 Å². The van der Waals surface area contributed by atoms with E-state index >= 15 is 0 Å². The average molecular weight is 552 g/mol. The number of carbonyl (C=O) groups is 1. The minimum atomic E-state index is -0.347. The van der Waals surface area contributed by atoms with Gasteiger partial charge < -0.3 is 14.0 Å². The van der Waals surface area contributed by atoms with Gasteiger partial charge in [0.2, 0.25) is 0 Å². The highest BCUT2D eigenvalue weighted by molar-refractivity contribution is 9.10. The summed E-state index contributed by atoms with van der Waals surface area (Å²) in [5, 5.41) is 0. The monoisotopic (exact) mass is 551 g/mol. The fourth-order valence-electron chi connectivity index (χ4n) is 3.84. The molecule has 0 aliphatic carbocycles. The predicted molar refractivity (Wildman–Crippen MR) is 146 cm³/mol. The number of rotatable bonds is 7. The summed E-state index contributed by atoms with van der Waals surface area (Å²) in [5.74, 6) is 0.0629. The second-order valence-corrected chi connectivity index (χ2v) is 8.84. The zero-order valence-corrected chi connectivity index (χ0v) is 22.9. The third-order valence-electron chi connectivity index (χ3n) is 5.50. The van der Waals surface area contributed by atoms with E-state index in [0.29, 0.717) is 22.4 Å². The first-order valence-electron chi connectivity index (χ1n) is 12.0. The summed E-state index contributed by atoms with van der Waals surface area (Å²) in [6.07, 6.45) is 0. The van der Waals surface area contributed by atoms with E-state index in [2.05, 4.69) is 26.6 Å². The summed E-state index contributed by atoms with van der Waals surface area (Å²) in [6.45, 7) is 10.5. The van der Waals surface area contributed by atoms with Gasteiger partial charge in [0.05, 0.1) is 17.9 Å². The summed E-state index contributed by atoms with van der Waals surface area (Å²) in [5.41, 5.74) is 6.18. The molecule has 0 spiro atoms. The molecule has 0 aliphatic rings. The van der Waals surface area contributed by atoms with Gasteiger partial charge in [0, 0.05) is 27.0 Å². The van der Waals surface area contributed by atoms with Crippen LogP contribution in [-0.2, 0) is 11.3 Å². The SMILES string of the molecule is CC.CCOC(=O)c1cccc(-n2c(C)ccc2-c2cc(C)ccc2OCc2ccc(F)cc2Br)c1. The van der Waals surface area contributed by atoms with Gasteiger partial charge in [-0.3, -0.25) is 0 Å². The first-order chi connectivity index (χ1) is 17.4. The predicted octanol–water partition coefficient (Wildman–Crippen LogP) is 8.44. The van der Waals surface area contributed by atoms with Crippen molar-refractivity contribution in [2.24, 2.45) is 0 Å². The topological polar surface area (TPSA) is 40.5 Å². The van der Waals surface area contributed by atoms with E-state index in [1.54, 1.807) is 19.1 Å². The number of benzene rings is 3. The van der Waals surface area contributed by atoms with Crippen LogP contribution in [0.4, 0.5) is 4.39 Å². The number of carbonyl (C=O) groups excluding carboxylic acids is 1. The Balaban J connectivity index is 0.00000176. The van der Waals surface area contributed by atoms with Crippen molar-refractivity contribution in [3.63, 3.8) is 0 Å². The summed E-state index contributed by atoms with van der Waals surface area (Å²) in [6, 6.07) is 22.1. The summed E-state index contributed by atoms with van der Waals surface area (Å²) < 4.78 is 27.6. The van der Waals surface area contributed by atoms with Gasteiger partial charge in [-0.15, -0.1) is 0 Å². The Morgan fingerprint density at radius 1 is 0.972 bits per heavy atom. The van der Waals surface area contributed by atoms with Crippen LogP contribution in [0.25, 0.3) is 16.9 Å². The minimum Gasteiger partial charge on any atom is -0.488 e. The Hall–Kier alpha value is -3.38. The number of aryl methyl sites for hydroxylation is 2. The number of nitrogens with zero attached hydrogens (tertiary/aromatic N) is 1. The van der Waals surface area contributed by atoms with Gasteiger partial charge in [-0.05, 0) is 75.4 Å². The highest BCUT2D eigenvalue weighted by Gasteiger charge is 2.16. The highest BCUT2D eigenvalue weighted by atomic mass is 79.9. The van der Waals surface area contributed by atoms with Crippen LogP contribution in [0.3, 0.4) is 0 Å². The Morgan fingerprint density at radius 2 is 1.75 bits per heavy atom. The number of halogens is 2. The second kappa shape index (κ2) is 12.5. The quantitative estimate of drug-likeness (QED) is 0.216. The maximum atomic E-state index is 13.5. The van der Waals surface area contributed by atoms with E-state index in [0.717, 1.165) is 33.8 Å². The van der Waals surface area contributed by atoms with Crippen LogP contribution in [0.1, 0.15) is 48.0 Å². The summed E-state index contributed by atoms with van der Waals surface area (Å²) >= 11 is 3.41. The third kappa shape index (κ3) is 6.24. The Kier molecular flexibility index (Phi) is 9.48. The van der Waals surface area contributed by atoms with Gasteiger partial charge in [0.25, 0.3) is 0 Å². The Bertz CT molecular complexity index is 1350. The molecule has 0 aliphatic heterocycles. The van der Waals surface area contributed by atoms with Crippen molar-refractivity contribution >= 4 is 21.9 Å². The van der Waals surface area contributed by atoms with Crippen LogP contribution in [0.15, 0.2) is 77.3 Å². The molecule has 0 saturated heterocycles. The molecule has 6 heteroatoms. The van der Waals surface area contributed by atoms with Crippen molar-refractivity contribution in [2.75, 3.05) is 6.61 Å². The van der Waals surface area contributed by atoms with Crippen LogP contribution in [0.5, 0.6) is 5.75 Å². The molecule has 4 rings (SSSR count). The van der Waals surface area contributed by atoms with Crippen LogP contribution in [0.2, 0.25) is 0 Å². The molecule has 0 radical (unpaired) electrons. The molecule has 0 N–H and O–H groups in total.